The Morgan fingerprint density at radius 1 is 0.857 bits per heavy atom. The molecular formula is C24H17F2NO. The number of benzene rings is 3. The summed E-state index contributed by atoms with van der Waals surface area (Å²) in [5, 5.41) is 0. The molecule has 0 radical (unpaired) electrons. The highest BCUT2D eigenvalue weighted by molar-refractivity contribution is 5.75. The van der Waals surface area contributed by atoms with Gasteiger partial charge in [-0.2, -0.15) is 0 Å². The van der Waals surface area contributed by atoms with E-state index < -0.39 is 11.6 Å². The van der Waals surface area contributed by atoms with E-state index in [0.29, 0.717) is 5.89 Å². The van der Waals surface area contributed by atoms with E-state index in [1.54, 1.807) is 18.5 Å². The molecule has 0 N–H and O–H groups in total. The lowest BCUT2D eigenvalue weighted by Crippen LogP contribution is -1.87. The van der Waals surface area contributed by atoms with Crippen LogP contribution >= 0.6 is 0 Å². The number of halogens is 2. The summed E-state index contributed by atoms with van der Waals surface area (Å²) in [7, 11) is 0. The van der Waals surface area contributed by atoms with Gasteiger partial charge in [0, 0.05) is 11.1 Å². The van der Waals surface area contributed by atoms with Crippen LogP contribution in [0.25, 0.3) is 34.7 Å². The highest BCUT2D eigenvalue weighted by Crippen LogP contribution is 2.29. The molecule has 0 saturated carbocycles. The monoisotopic (exact) mass is 373 g/mol. The van der Waals surface area contributed by atoms with Crippen molar-refractivity contribution in [2.45, 2.75) is 6.92 Å². The predicted molar refractivity (Wildman–Crippen MR) is 107 cm³/mol. The Labute approximate surface area is 161 Å². The van der Waals surface area contributed by atoms with Gasteiger partial charge in [0.05, 0.1) is 6.20 Å². The standard InChI is InChI=1S/C24H17F2NO/c1-16-5-9-19(24-27-13-14-28-24)15-21(16)18-10-6-17(7-11-18)8-12-20-22(25)3-2-4-23(20)26/h2-15H,1H3. The molecule has 0 bridgehead atoms. The first-order valence-electron chi connectivity index (χ1n) is 8.85. The average Bonchev–Trinajstić information content (AvgIpc) is 3.23. The highest BCUT2D eigenvalue weighted by atomic mass is 19.1. The highest BCUT2D eigenvalue weighted by Gasteiger charge is 2.08. The van der Waals surface area contributed by atoms with E-state index in [1.807, 2.05) is 49.4 Å². The van der Waals surface area contributed by atoms with Gasteiger partial charge in [0.25, 0.3) is 0 Å². The van der Waals surface area contributed by atoms with Crippen LogP contribution < -0.4 is 0 Å². The molecule has 3 aromatic carbocycles. The first-order valence-corrected chi connectivity index (χ1v) is 8.85. The van der Waals surface area contributed by atoms with E-state index in [1.165, 1.54) is 24.3 Å². The third-order valence-corrected chi connectivity index (χ3v) is 4.58. The molecule has 4 heteroatoms. The van der Waals surface area contributed by atoms with Gasteiger partial charge in [0.2, 0.25) is 5.89 Å². The van der Waals surface area contributed by atoms with Gasteiger partial charge in [-0.3, -0.25) is 0 Å². The topological polar surface area (TPSA) is 26.0 Å². The minimum absolute atomic E-state index is 0.0407. The van der Waals surface area contributed by atoms with Crippen LogP contribution in [0, 0.1) is 18.6 Å². The van der Waals surface area contributed by atoms with E-state index in [9.17, 15) is 8.78 Å². The number of hydrogen-bond donors (Lipinski definition) is 0. The van der Waals surface area contributed by atoms with Crippen LogP contribution in [0.15, 0.2) is 77.5 Å². The smallest absolute Gasteiger partial charge is 0.225 e. The minimum atomic E-state index is -0.577. The summed E-state index contributed by atoms with van der Waals surface area (Å²) in [6.07, 6.45) is 6.32. The Balaban J connectivity index is 1.62. The first kappa shape index (κ1) is 17.9. The number of aromatic nitrogens is 1. The van der Waals surface area contributed by atoms with Gasteiger partial charge in [-0.25, -0.2) is 13.8 Å². The van der Waals surface area contributed by atoms with Crippen LogP contribution in [0.1, 0.15) is 16.7 Å². The van der Waals surface area contributed by atoms with Gasteiger partial charge in [0.1, 0.15) is 17.9 Å². The van der Waals surface area contributed by atoms with Crippen LogP contribution in [0.3, 0.4) is 0 Å². The molecule has 0 unspecified atom stereocenters. The van der Waals surface area contributed by atoms with E-state index in [-0.39, 0.29) is 5.56 Å². The maximum absolute atomic E-state index is 13.7. The van der Waals surface area contributed by atoms with Gasteiger partial charge >= 0.3 is 0 Å². The summed E-state index contributed by atoms with van der Waals surface area (Å²) in [6, 6.07) is 17.7. The van der Waals surface area contributed by atoms with Gasteiger partial charge in [0.15, 0.2) is 0 Å². The molecule has 0 saturated heterocycles. The number of rotatable bonds is 4. The number of nitrogens with zero attached hydrogens (tertiary/aromatic N) is 1. The molecule has 2 nitrogen and oxygen atoms in total. The molecule has 0 atom stereocenters. The van der Waals surface area contributed by atoms with Gasteiger partial charge in [-0.15, -0.1) is 0 Å². The van der Waals surface area contributed by atoms with Gasteiger partial charge in [-0.05, 0) is 59.5 Å². The fourth-order valence-electron chi connectivity index (χ4n) is 3.06. The molecule has 0 aliphatic rings. The van der Waals surface area contributed by atoms with E-state index in [4.69, 9.17) is 4.42 Å². The lowest BCUT2D eigenvalue weighted by Gasteiger charge is -2.08. The van der Waals surface area contributed by atoms with Crippen LogP contribution in [0.2, 0.25) is 0 Å². The zero-order valence-electron chi connectivity index (χ0n) is 15.2. The lowest BCUT2D eigenvalue weighted by atomic mass is 9.97. The van der Waals surface area contributed by atoms with Crippen molar-refractivity contribution in [3.8, 4) is 22.6 Å². The Kier molecular flexibility index (Phi) is 4.85. The quantitative estimate of drug-likeness (QED) is 0.369. The molecule has 1 aromatic heterocycles. The lowest BCUT2D eigenvalue weighted by molar-refractivity contribution is 0.574. The molecule has 0 spiro atoms. The largest absolute Gasteiger partial charge is 0.445 e. The van der Waals surface area contributed by atoms with Crippen molar-refractivity contribution in [2.24, 2.45) is 0 Å². The van der Waals surface area contributed by atoms with E-state index >= 15 is 0 Å². The SMILES string of the molecule is Cc1ccc(-c2ncco2)cc1-c1ccc(C=Cc2c(F)cccc2F)cc1. The van der Waals surface area contributed by atoms with Crippen molar-refractivity contribution >= 4 is 12.2 Å². The number of hydrogen-bond acceptors (Lipinski definition) is 2. The fourth-order valence-corrected chi connectivity index (χ4v) is 3.06. The molecular weight excluding hydrogens is 356 g/mol. The summed E-state index contributed by atoms with van der Waals surface area (Å²) >= 11 is 0. The van der Waals surface area contributed by atoms with E-state index in [0.717, 1.165) is 27.8 Å². The Bertz CT molecular complexity index is 1110. The van der Waals surface area contributed by atoms with Crippen molar-refractivity contribution in [1.29, 1.82) is 0 Å². The van der Waals surface area contributed by atoms with E-state index in [2.05, 4.69) is 4.98 Å². The number of oxazole rings is 1. The van der Waals surface area contributed by atoms with Crippen LogP contribution in [0.5, 0.6) is 0 Å². The Morgan fingerprint density at radius 3 is 2.25 bits per heavy atom. The summed E-state index contributed by atoms with van der Waals surface area (Å²) < 4.78 is 32.8. The maximum atomic E-state index is 13.7. The third-order valence-electron chi connectivity index (χ3n) is 4.58. The zero-order valence-corrected chi connectivity index (χ0v) is 15.2. The van der Waals surface area contributed by atoms with Crippen LogP contribution in [-0.4, -0.2) is 4.98 Å². The van der Waals surface area contributed by atoms with Crippen molar-refractivity contribution in [2.75, 3.05) is 0 Å². The molecule has 0 fully saturated rings. The predicted octanol–water partition coefficient (Wildman–Crippen LogP) is 6.77. The van der Waals surface area contributed by atoms with Gasteiger partial charge < -0.3 is 4.42 Å². The Hall–Kier alpha value is -3.53. The van der Waals surface area contributed by atoms with Crippen LogP contribution in [0.4, 0.5) is 8.78 Å². The fraction of sp³-hybridized carbons (Fsp3) is 0.0417. The molecule has 4 rings (SSSR count). The molecule has 4 aromatic rings. The molecule has 1 heterocycles. The van der Waals surface area contributed by atoms with Crippen LogP contribution in [-0.2, 0) is 0 Å². The maximum Gasteiger partial charge on any atom is 0.225 e. The third kappa shape index (κ3) is 3.62. The summed E-state index contributed by atoms with van der Waals surface area (Å²) in [6.45, 7) is 2.05. The second-order valence-corrected chi connectivity index (χ2v) is 6.46. The molecule has 28 heavy (non-hydrogen) atoms. The van der Waals surface area contributed by atoms with Gasteiger partial charge in [-0.1, -0.05) is 42.5 Å². The Morgan fingerprint density at radius 2 is 1.57 bits per heavy atom. The first-order chi connectivity index (χ1) is 13.6. The second-order valence-electron chi connectivity index (χ2n) is 6.46. The summed E-state index contributed by atoms with van der Waals surface area (Å²) in [4.78, 5) is 4.20. The second kappa shape index (κ2) is 7.61. The van der Waals surface area contributed by atoms with Crippen molar-refractivity contribution in [3.63, 3.8) is 0 Å². The average molecular weight is 373 g/mol. The van der Waals surface area contributed by atoms with Crippen molar-refractivity contribution in [3.05, 3.63) is 101 Å². The summed E-state index contributed by atoms with van der Waals surface area (Å²) in [5.41, 5.74) is 4.97. The summed E-state index contributed by atoms with van der Waals surface area (Å²) in [5.74, 6) is -0.577. The molecule has 0 aliphatic heterocycles. The zero-order chi connectivity index (χ0) is 19.5. The van der Waals surface area contributed by atoms with Crippen molar-refractivity contribution in [1.82, 2.24) is 4.98 Å². The normalized spacial score (nSPS) is 11.2. The molecule has 0 amide bonds. The molecule has 0 aliphatic carbocycles. The minimum Gasteiger partial charge on any atom is -0.445 e. The molecule has 138 valence electrons. The van der Waals surface area contributed by atoms with Crippen molar-refractivity contribution < 1.29 is 13.2 Å². The number of aryl methyl sites for hydroxylation is 1.